The van der Waals surface area contributed by atoms with E-state index in [1.165, 1.54) is 22.5 Å². The van der Waals surface area contributed by atoms with E-state index < -0.39 is 10.0 Å². The van der Waals surface area contributed by atoms with Crippen molar-refractivity contribution >= 4 is 32.0 Å². The summed E-state index contributed by atoms with van der Waals surface area (Å²) in [6, 6.07) is 14.6. The van der Waals surface area contributed by atoms with Gasteiger partial charge in [0.05, 0.1) is 45.3 Å². The van der Waals surface area contributed by atoms with Crippen molar-refractivity contribution < 1.29 is 17.5 Å². The van der Waals surface area contributed by atoms with Crippen LogP contribution in [0.3, 0.4) is 0 Å². The normalized spacial score (nSPS) is 16.1. The minimum absolute atomic E-state index is 0.114. The molecule has 2 aromatic heterocycles. The zero-order valence-electron chi connectivity index (χ0n) is 24.2. The van der Waals surface area contributed by atoms with Crippen molar-refractivity contribution in [3.05, 3.63) is 82.7 Å². The van der Waals surface area contributed by atoms with Gasteiger partial charge in [0.1, 0.15) is 17.4 Å². The first-order valence-electron chi connectivity index (χ1n) is 14.2. The number of aromatic amines is 1. The number of aromatic nitrogens is 4. The van der Waals surface area contributed by atoms with Crippen LogP contribution < -0.4 is 10.3 Å². The molecule has 1 aliphatic heterocycles. The minimum atomic E-state index is -3.78. The number of hydrogen-bond acceptors (Lipinski definition) is 7. The molecule has 224 valence electrons. The summed E-state index contributed by atoms with van der Waals surface area (Å²) in [7, 11) is 0.115. The molecule has 1 saturated heterocycles. The maximum Gasteiger partial charge on any atom is 0.259 e. The third-order valence-corrected chi connectivity index (χ3v) is 9.74. The molecule has 6 rings (SSSR count). The Kier molecular flexibility index (Phi) is 7.75. The van der Waals surface area contributed by atoms with Gasteiger partial charge in [-0.25, -0.2) is 22.8 Å². The van der Waals surface area contributed by atoms with Crippen LogP contribution in [0, 0.1) is 5.82 Å². The summed E-state index contributed by atoms with van der Waals surface area (Å²) in [5, 5.41) is 0.365. The summed E-state index contributed by atoms with van der Waals surface area (Å²) in [5.41, 5.74) is 2.70. The Bertz CT molecular complexity index is 1970. The number of fused-ring (bicyclic) bond motifs is 2. The predicted molar refractivity (Wildman–Crippen MR) is 163 cm³/mol. The van der Waals surface area contributed by atoms with Gasteiger partial charge in [0.15, 0.2) is 0 Å². The van der Waals surface area contributed by atoms with Crippen molar-refractivity contribution in [1.29, 1.82) is 0 Å². The smallest absolute Gasteiger partial charge is 0.259 e. The van der Waals surface area contributed by atoms with Crippen LogP contribution in [0.4, 0.5) is 4.39 Å². The molecule has 43 heavy (non-hydrogen) atoms. The molecule has 0 radical (unpaired) electrons. The Balaban J connectivity index is 1.40. The van der Waals surface area contributed by atoms with Crippen LogP contribution in [0.2, 0.25) is 0 Å². The monoisotopic (exact) mass is 604 g/mol. The Labute approximate surface area is 248 Å². The first-order valence-corrected chi connectivity index (χ1v) is 15.6. The molecule has 0 aliphatic carbocycles. The molecule has 0 bridgehead atoms. The Morgan fingerprint density at radius 2 is 1.88 bits per heavy atom. The Morgan fingerprint density at radius 3 is 2.60 bits per heavy atom. The quantitative estimate of drug-likeness (QED) is 0.268. The molecule has 1 aliphatic rings. The molecule has 0 spiro atoms. The number of benzene rings is 3. The summed E-state index contributed by atoms with van der Waals surface area (Å²) in [6.45, 7) is 3.69. The number of likely N-dealkylation sites (N-methyl/N-ethyl adjacent to an activating group) is 1. The van der Waals surface area contributed by atoms with Crippen molar-refractivity contribution in [1.82, 2.24) is 28.7 Å². The lowest BCUT2D eigenvalue weighted by molar-refractivity contribution is 0.302. The molecule has 10 nitrogen and oxygen atoms in total. The van der Waals surface area contributed by atoms with Crippen LogP contribution in [0.15, 0.2) is 70.6 Å². The third-order valence-electron chi connectivity index (χ3n) is 7.88. The summed E-state index contributed by atoms with van der Waals surface area (Å²) < 4.78 is 50.0. The van der Waals surface area contributed by atoms with Gasteiger partial charge in [0.25, 0.3) is 5.56 Å². The molecule has 3 aromatic carbocycles. The van der Waals surface area contributed by atoms with Gasteiger partial charge in [-0.2, -0.15) is 4.31 Å². The van der Waals surface area contributed by atoms with Gasteiger partial charge < -0.3 is 19.2 Å². The summed E-state index contributed by atoms with van der Waals surface area (Å²) in [5.74, 6) is 0.331. The van der Waals surface area contributed by atoms with Crippen LogP contribution in [0.1, 0.15) is 25.3 Å². The molecule has 12 heteroatoms. The summed E-state index contributed by atoms with van der Waals surface area (Å²) >= 11 is 0. The van der Waals surface area contributed by atoms with E-state index in [4.69, 9.17) is 9.72 Å². The molecule has 1 N–H and O–H groups in total. The number of nitrogens with zero attached hydrogens (tertiary/aromatic N) is 5. The van der Waals surface area contributed by atoms with Crippen molar-refractivity contribution in [2.45, 2.75) is 37.2 Å². The average molecular weight is 605 g/mol. The van der Waals surface area contributed by atoms with Crippen molar-refractivity contribution in [3.8, 4) is 17.1 Å². The van der Waals surface area contributed by atoms with Gasteiger partial charge in [-0.1, -0.05) is 19.1 Å². The van der Waals surface area contributed by atoms with Crippen LogP contribution >= 0.6 is 0 Å². The standard InChI is InChI=1S/C31H33FN6O4S/c1-4-13-42-29-10-9-23(43(40,41)38-12-11-22(18-38)36(2)3)14-25(29)30-34-26-16-27-28(15-24(26)31(39)35-30)37(19-33-27)17-20-5-7-21(32)8-6-20/h5-10,14-16,19,22H,4,11-13,17-18H2,1-3H3,(H,34,35,39)/t22-/m1/s1. The molecule has 0 amide bonds. The SMILES string of the molecule is CCCOc1ccc(S(=O)(=O)N2CC[C@@H](N(C)C)C2)cc1-c1nc2cc3ncn(Cc4ccc(F)cc4)c3cc2c(=O)[nH]1. The molecular formula is C31H33FN6O4S. The lowest BCUT2D eigenvalue weighted by atomic mass is 10.1. The van der Waals surface area contributed by atoms with Gasteiger partial charge in [-0.05, 0) is 75.0 Å². The third kappa shape index (κ3) is 5.65. The van der Waals surface area contributed by atoms with E-state index in [-0.39, 0.29) is 28.1 Å². The highest BCUT2D eigenvalue weighted by atomic mass is 32.2. The number of nitrogens with one attached hydrogen (secondary N) is 1. The highest BCUT2D eigenvalue weighted by Gasteiger charge is 2.34. The molecule has 0 saturated carbocycles. The van der Waals surface area contributed by atoms with Gasteiger partial charge >= 0.3 is 0 Å². The predicted octanol–water partition coefficient (Wildman–Crippen LogP) is 4.24. The van der Waals surface area contributed by atoms with E-state index in [0.29, 0.717) is 54.0 Å². The van der Waals surface area contributed by atoms with Crippen molar-refractivity contribution in [2.75, 3.05) is 33.8 Å². The second kappa shape index (κ2) is 11.5. The molecule has 1 fully saturated rings. The second-order valence-electron chi connectivity index (χ2n) is 11.0. The van der Waals surface area contributed by atoms with E-state index in [1.807, 2.05) is 30.5 Å². The molecule has 1 atom stereocenters. The second-order valence-corrected chi connectivity index (χ2v) is 13.0. The summed E-state index contributed by atoms with van der Waals surface area (Å²) in [6.07, 6.45) is 3.18. The average Bonchev–Trinajstić information content (AvgIpc) is 3.65. The number of imidazole rings is 1. The van der Waals surface area contributed by atoms with Crippen LogP contribution in [0.25, 0.3) is 33.3 Å². The zero-order valence-corrected chi connectivity index (χ0v) is 25.1. The van der Waals surface area contributed by atoms with Crippen molar-refractivity contribution in [2.24, 2.45) is 0 Å². The Hall–Kier alpha value is -4.13. The lowest BCUT2D eigenvalue weighted by Gasteiger charge is -2.21. The highest BCUT2D eigenvalue weighted by molar-refractivity contribution is 7.89. The maximum absolute atomic E-state index is 13.6. The fourth-order valence-corrected chi connectivity index (χ4v) is 6.94. The fraction of sp³-hybridized carbons (Fsp3) is 0.323. The lowest BCUT2D eigenvalue weighted by Crippen LogP contribution is -2.34. The number of rotatable bonds is 9. The van der Waals surface area contributed by atoms with E-state index in [9.17, 15) is 17.6 Å². The molecule has 5 aromatic rings. The topological polar surface area (TPSA) is 113 Å². The molecular weight excluding hydrogens is 571 g/mol. The first kappa shape index (κ1) is 29.0. The van der Waals surface area contributed by atoms with E-state index in [2.05, 4.69) is 9.97 Å². The molecule has 3 heterocycles. The first-order chi connectivity index (χ1) is 20.6. The van der Waals surface area contributed by atoms with Crippen LogP contribution in [0.5, 0.6) is 5.75 Å². The number of H-pyrrole nitrogens is 1. The number of ether oxygens (including phenoxy) is 1. The maximum atomic E-state index is 13.6. The number of sulfonamides is 1. The fourth-order valence-electron chi connectivity index (χ4n) is 5.42. The number of hydrogen-bond donors (Lipinski definition) is 1. The van der Waals surface area contributed by atoms with E-state index >= 15 is 0 Å². The van der Waals surface area contributed by atoms with E-state index in [1.54, 1.807) is 42.7 Å². The minimum Gasteiger partial charge on any atom is -0.493 e. The zero-order chi connectivity index (χ0) is 30.3. The number of halogens is 1. The molecule has 0 unspecified atom stereocenters. The largest absolute Gasteiger partial charge is 0.493 e. The van der Waals surface area contributed by atoms with Gasteiger partial charge in [-0.15, -0.1) is 0 Å². The van der Waals surface area contributed by atoms with Gasteiger partial charge in [-0.3, -0.25) is 4.79 Å². The van der Waals surface area contributed by atoms with E-state index in [0.717, 1.165) is 23.9 Å². The van der Waals surface area contributed by atoms with Crippen LogP contribution in [-0.2, 0) is 16.6 Å². The highest BCUT2D eigenvalue weighted by Crippen LogP contribution is 2.33. The summed E-state index contributed by atoms with van der Waals surface area (Å²) in [4.78, 5) is 27.7. The van der Waals surface area contributed by atoms with Crippen molar-refractivity contribution in [3.63, 3.8) is 0 Å². The Morgan fingerprint density at radius 1 is 1.09 bits per heavy atom. The van der Waals surface area contributed by atoms with Gasteiger partial charge in [0.2, 0.25) is 10.0 Å². The van der Waals surface area contributed by atoms with Crippen LogP contribution in [-0.4, -0.2) is 77.0 Å². The van der Waals surface area contributed by atoms with Gasteiger partial charge in [0, 0.05) is 25.7 Å².